The molecule has 3 aromatic carbocycles. The number of nitrogens with one attached hydrogen (secondary N) is 1. The van der Waals surface area contributed by atoms with Gasteiger partial charge in [0.05, 0.1) is 0 Å². The predicted octanol–water partition coefficient (Wildman–Crippen LogP) is 4.08. The summed E-state index contributed by atoms with van der Waals surface area (Å²) in [6, 6.07) is 20.7. The number of esters is 1. The van der Waals surface area contributed by atoms with Crippen LogP contribution >= 0.6 is 15.9 Å². The van der Waals surface area contributed by atoms with Crippen LogP contribution in [0.3, 0.4) is 0 Å². The van der Waals surface area contributed by atoms with Gasteiger partial charge in [-0.25, -0.2) is 0 Å². The van der Waals surface area contributed by atoms with E-state index in [1.165, 1.54) is 0 Å². The number of fused-ring (bicyclic) bond motifs is 1. The Balaban J connectivity index is 1.54. The summed E-state index contributed by atoms with van der Waals surface area (Å²) in [4.78, 5) is 23.9. The molecule has 0 aromatic heterocycles. The maximum absolute atomic E-state index is 12.0. The highest BCUT2D eigenvalue weighted by Crippen LogP contribution is 2.19. The van der Waals surface area contributed by atoms with Crippen LogP contribution in [-0.4, -0.2) is 18.4 Å². The number of halogens is 1. The average molecular weight is 398 g/mol. The third-order valence-electron chi connectivity index (χ3n) is 3.77. The highest BCUT2D eigenvalue weighted by Gasteiger charge is 2.10. The van der Waals surface area contributed by atoms with Crippen LogP contribution in [0.25, 0.3) is 10.8 Å². The Bertz CT molecular complexity index is 901. The monoisotopic (exact) mass is 397 g/mol. The lowest BCUT2D eigenvalue weighted by Gasteiger charge is -2.09. The Labute approximate surface area is 153 Å². The maximum atomic E-state index is 12.0. The molecule has 0 aliphatic heterocycles. The first-order chi connectivity index (χ1) is 12.1. The van der Waals surface area contributed by atoms with E-state index in [1.54, 1.807) is 24.3 Å². The summed E-state index contributed by atoms with van der Waals surface area (Å²) in [7, 11) is 0. The molecule has 4 nitrogen and oxygen atoms in total. The van der Waals surface area contributed by atoms with E-state index in [2.05, 4.69) is 21.2 Å². The van der Waals surface area contributed by atoms with Crippen LogP contribution in [-0.2, 0) is 16.1 Å². The molecule has 0 saturated carbocycles. The van der Waals surface area contributed by atoms with Gasteiger partial charge in [0, 0.05) is 10.0 Å². The highest BCUT2D eigenvalue weighted by atomic mass is 79.9. The Morgan fingerprint density at radius 1 is 0.920 bits per heavy atom. The van der Waals surface area contributed by atoms with Crippen molar-refractivity contribution in [1.82, 2.24) is 5.32 Å². The van der Waals surface area contributed by atoms with Crippen molar-refractivity contribution in [2.45, 2.75) is 6.61 Å². The van der Waals surface area contributed by atoms with E-state index in [0.29, 0.717) is 5.56 Å². The van der Waals surface area contributed by atoms with Gasteiger partial charge in [-0.1, -0.05) is 58.4 Å². The van der Waals surface area contributed by atoms with Crippen molar-refractivity contribution >= 4 is 38.6 Å². The number of rotatable bonds is 5. The topological polar surface area (TPSA) is 55.4 Å². The number of hydrogen-bond acceptors (Lipinski definition) is 3. The lowest BCUT2D eigenvalue weighted by Crippen LogP contribution is -2.30. The number of hydrogen-bond donors (Lipinski definition) is 1. The number of amides is 1. The summed E-state index contributed by atoms with van der Waals surface area (Å²) >= 11 is 3.31. The summed E-state index contributed by atoms with van der Waals surface area (Å²) in [5.41, 5.74) is 1.43. The fourth-order valence-electron chi connectivity index (χ4n) is 2.48. The molecule has 5 heteroatoms. The van der Waals surface area contributed by atoms with Gasteiger partial charge in [0.15, 0.2) is 0 Å². The van der Waals surface area contributed by atoms with Gasteiger partial charge in [-0.05, 0) is 40.6 Å². The predicted molar refractivity (Wildman–Crippen MR) is 100 cm³/mol. The lowest BCUT2D eigenvalue weighted by molar-refractivity contribution is -0.143. The van der Waals surface area contributed by atoms with Crippen molar-refractivity contribution in [2.24, 2.45) is 0 Å². The van der Waals surface area contributed by atoms with Gasteiger partial charge in [-0.3, -0.25) is 9.59 Å². The van der Waals surface area contributed by atoms with E-state index >= 15 is 0 Å². The summed E-state index contributed by atoms with van der Waals surface area (Å²) in [5, 5.41) is 4.71. The third kappa shape index (κ3) is 4.45. The summed E-state index contributed by atoms with van der Waals surface area (Å²) in [6.07, 6.45) is 0. The standard InChI is InChI=1S/C20H16BrNO3/c21-17-10-8-15(9-11-17)20(24)22-12-19(23)25-13-16-6-3-5-14-4-1-2-7-18(14)16/h1-11H,12-13H2,(H,22,24). The molecule has 126 valence electrons. The van der Waals surface area contributed by atoms with Crippen LogP contribution in [0.15, 0.2) is 71.2 Å². The molecule has 0 unspecified atom stereocenters. The molecule has 1 N–H and O–H groups in total. The number of carbonyl (C=O) groups excluding carboxylic acids is 2. The van der Waals surface area contributed by atoms with Crippen molar-refractivity contribution in [3.05, 3.63) is 82.3 Å². The Hall–Kier alpha value is -2.66. The van der Waals surface area contributed by atoms with Crippen LogP contribution in [0, 0.1) is 0 Å². The van der Waals surface area contributed by atoms with Crippen LogP contribution < -0.4 is 5.32 Å². The molecule has 0 bridgehead atoms. The van der Waals surface area contributed by atoms with Crippen molar-refractivity contribution in [3.63, 3.8) is 0 Å². The highest BCUT2D eigenvalue weighted by molar-refractivity contribution is 9.10. The van der Waals surface area contributed by atoms with E-state index in [1.807, 2.05) is 42.5 Å². The van der Waals surface area contributed by atoms with E-state index in [-0.39, 0.29) is 19.1 Å². The van der Waals surface area contributed by atoms with Crippen molar-refractivity contribution < 1.29 is 14.3 Å². The molecule has 0 aliphatic rings. The first-order valence-electron chi connectivity index (χ1n) is 7.79. The second kappa shape index (κ2) is 7.94. The Kier molecular flexibility index (Phi) is 5.46. The summed E-state index contributed by atoms with van der Waals surface area (Å²) in [6.45, 7) is 0.00794. The minimum Gasteiger partial charge on any atom is -0.459 e. The fraction of sp³-hybridized carbons (Fsp3) is 0.100. The van der Waals surface area contributed by atoms with Gasteiger partial charge in [0.2, 0.25) is 0 Å². The van der Waals surface area contributed by atoms with Gasteiger partial charge in [0.25, 0.3) is 5.91 Å². The minimum atomic E-state index is -0.474. The summed E-state index contributed by atoms with van der Waals surface area (Å²) in [5.74, 6) is -0.784. The normalized spacial score (nSPS) is 10.4. The van der Waals surface area contributed by atoms with Gasteiger partial charge >= 0.3 is 5.97 Å². The summed E-state index contributed by atoms with van der Waals surface area (Å²) < 4.78 is 6.17. The van der Waals surface area contributed by atoms with Gasteiger partial charge in [-0.2, -0.15) is 0 Å². The van der Waals surface area contributed by atoms with Crippen LogP contribution in [0.2, 0.25) is 0 Å². The van der Waals surface area contributed by atoms with Gasteiger partial charge < -0.3 is 10.1 Å². The second-order valence-electron chi connectivity index (χ2n) is 5.49. The van der Waals surface area contributed by atoms with Crippen LogP contribution in [0.1, 0.15) is 15.9 Å². The van der Waals surface area contributed by atoms with Crippen LogP contribution in [0.5, 0.6) is 0 Å². The van der Waals surface area contributed by atoms with Crippen LogP contribution in [0.4, 0.5) is 0 Å². The second-order valence-corrected chi connectivity index (χ2v) is 6.40. The van der Waals surface area contributed by atoms with Crippen molar-refractivity contribution in [3.8, 4) is 0 Å². The zero-order valence-corrected chi connectivity index (χ0v) is 15.0. The Morgan fingerprint density at radius 2 is 1.64 bits per heavy atom. The smallest absolute Gasteiger partial charge is 0.325 e. The zero-order valence-electron chi connectivity index (χ0n) is 13.4. The maximum Gasteiger partial charge on any atom is 0.325 e. The van der Waals surface area contributed by atoms with E-state index < -0.39 is 5.97 Å². The molecule has 0 aliphatic carbocycles. The van der Waals surface area contributed by atoms with E-state index in [0.717, 1.165) is 20.8 Å². The van der Waals surface area contributed by atoms with E-state index in [4.69, 9.17) is 4.74 Å². The molecule has 0 fully saturated rings. The molecule has 0 spiro atoms. The first kappa shape index (κ1) is 17.2. The Morgan fingerprint density at radius 3 is 2.44 bits per heavy atom. The zero-order chi connectivity index (χ0) is 17.6. The molecule has 3 rings (SSSR count). The molecule has 3 aromatic rings. The lowest BCUT2D eigenvalue weighted by atomic mass is 10.1. The average Bonchev–Trinajstić information content (AvgIpc) is 2.65. The third-order valence-corrected chi connectivity index (χ3v) is 4.30. The molecule has 1 amide bonds. The first-order valence-corrected chi connectivity index (χ1v) is 8.59. The van der Waals surface area contributed by atoms with E-state index in [9.17, 15) is 9.59 Å². The van der Waals surface area contributed by atoms with Crippen molar-refractivity contribution in [2.75, 3.05) is 6.54 Å². The molecule has 0 heterocycles. The molecular weight excluding hydrogens is 382 g/mol. The quantitative estimate of drug-likeness (QED) is 0.660. The molecular formula is C20H16BrNO3. The number of ether oxygens (including phenoxy) is 1. The SMILES string of the molecule is O=C(CNC(=O)c1ccc(Br)cc1)OCc1cccc2ccccc12. The number of carbonyl (C=O) groups is 2. The molecule has 0 radical (unpaired) electrons. The fourth-order valence-corrected chi connectivity index (χ4v) is 2.75. The largest absolute Gasteiger partial charge is 0.459 e. The minimum absolute atomic E-state index is 0.167. The number of benzene rings is 3. The van der Waals surface area contributed by atoms with Gasteiger partial charge in [-0.15, -0.1) is 0 Å². The molecule has 25 heavy (non-hydrogen) atoms. The van der Waals surface area contributed by atoms with Gasteiger partial charge in [0.1, 0.15) is 13.2 Å². The molecule has 0 saturated heterocycles. The molecule has 0 atom stereocenters. The van der Waals surface area contributed by atoms with Crippen molar-refractivity contribution in [1.29, 1.82) is 0 Å².